The zero-order valence-corrected chi connectivity index (χ0v) is 16.1. The molecule has 25 heavy (non-hydrogen) atoms. The largest absolute Gasteiger partial charge is 0.373 e. The summed E-state index contributed by atoms with van der Waals surface area (Å²) < 4.78 is 5.87. The monoisotopic (exact) mass is 364 g/mol. The van der Waals surface area contributed by atoms with Crippen molar-refractivity contribution in [3.8, 4) is 0 Å². The molecule has 1 unspecified atom stereocenters. The van der Waals surface area contributed by atoms with Crippen LogP contribution >= 0.6 is 11.6 Å². The Labute approximate surface area is 156 Å². The second kappa shape index (κ2) is 9.22. The van der Waals surface area contributed by atoms with Crippen molar-refractivity contribution in [1.82, 2.24) is 15.5 Å². The van der Waals surface area contributed by atoms with Crippen LogP contribution in [0.3, 0.4) is 0 Å². The van der Waals surface area contributed by atoms with Gasteiger partial charge in [0, 0.05) is 38.2 Å². The highest BCUT2D eigenvalue weighted by Crippen LogP contribution is 2.27. The molecule has 1 aromatic carbocycles. The van der Waals surface area contributed by atoms with Gasteiger partial charge in [-0.2, -0.15) is 0 Å². The lowest BCUT2D eigenvalue weighted by atomic mass is 10.0. The molecule has 0 bridgehead atoms. The molecule has 0 amide bonds. The third-order valence-corrected chi connectivity index (χ3v) is 4.50. The predicted octanol–water partition coefficient (Wildman–Crippen LogP) is 2.84. The fourth-order valence-electron chi connectivity index (χ4n) is 3.04. The Morgan fingerprint density at radius 1 is 1.40 bits per heavy atom. The van der Waals surface area contributed by atoms with Gasteiger partial charge in [0.05, 0.1) is 18.2 Å². The fourth-order valence-corrected chi connectivity index (χ4v) is 3.17. The van der Waals surface area contributed by atoms with Crippen LogP contribution in [0.15, 0.2) is 41.9 Å². The molecular weight excluding hydrogens is 336 g/mol. The Morgan fingerprint density at radius 2 is 2.12 bits per heavy atom. The first-order valence-electron chi connectivity index (χ1n) is 8.64. The number of hydrogen-bond donors (Lipinski definition) is 2. The normalized spacial score (nSPS) is 19.3. The molecule has 1 aliphatic rings. The molecule has 2 N–H and O–H groups in total. The van der Waals surface area contributed by atoms with Crippen LogP contribution in [0, 0.1) is 0 Å². The van der Waals surface area contributed by atoms with E-state index in [9.17, 15) is 0 Å². The molecule has 2 rings (SSSR count). The topological polar surface area (TPSA) is 48.9 Å². The number of benzene rings is 1. The number of morpholine rings is 1. The average molecular weight is 365 g/mol. The van der Waals surface area contributed by atoms with Crippen LogP contribution in [0.2, 0.25) is 5.02 Å². The molecule has 1 aliphatic heterocycles. The maximum absolute atomic E-state index is 6.07. The van der Waals surface area contributed by atoms with E-state index in [0.717, 1.165) is 37.2 Å². The van der Waals surface area contributed by atoms with Gasteiger partial charge in [0.15, 0.2) is 5.96 Å². The van der Waals surface area contributed by atoms with E-state index < -0.39 is 0 Å². The number of aliphatic imine (C=N–C) groups is 1. The van der Waals surface area contributed by atoms with Gasteiger partial charge >= 0.3 is 0 Å². The third-order valence-electron chi connectivity index (χ3n) is 4.25. The quantitative estimate of drug-likeness (QED) is 0.463. The first-order chi connectivity index (χ1) is 11.9. The standard InChI is InChI=1S/C19H29ClN4O/c1-5-10-22-18(21-4)23-13-17(15-6-8-16(20)9-7-15)24-11-12-25-19(2,3)14-24/h5-9,17H,1,10-14H2,2-4H3,(H2,21,22,23). The average Bonchev–Trinajstić information content (AvgIpc) is 2.58. The number of nitrogens with zero attached hydrogens (tertiary/aromatic N) is 2. The molecular formula is C19H29ClN4O. The van der Waals surface area contributed by atoms with E-state index >= 15 is 0 Å². The maximum atomic E-state index is 6.07. The van der Waals surface area contributed by atoms with Crippen molar-refractivity contribution in [3.63, 3.8) is 0 Å². The lowest BCUT2D eigenvalue weighted by Crippen LogP contribution is -2.52. The Balaban J connectivity index is 2.14. The number of guanidine groups is 1. The zero-order valence-electron chi connectivity index (χ0n) is 15.4. The van der Waals surface area contributed by atoms with Crippen molar-refractivity contribution >= 4 is 17.6 Å². The number of halogens is 1. The highest BCUT2D eigenvalue weighted by atomic mass is 35.5. The molecule has 5 nitrogen and oxygen atoms in total. The second-order valence-electron chi connectivity index (χ2n) is 6.77. The van der Waals surface area contributed by atoms with Gasteiger partial charge in [-0.3, -0.25) is 9.89 Å². The summed E-state index contributed by atoms with van der Waals surface area (Å²) in [6.45, 7) is 11.9. The van der Waals surface area contributed by atoms with E-state index in [1.807, 2.05) is 18.2 Å². The minimum atomic E-state index is -0.147. The third kappa shape index (κ3) is 6.03. The molecule has 1 fully saturated rings. The summed E-state index contributed by atoms with van der Waals surface area (Å²) in [6, 6.07) is 8.29. The van der Waals surface area contributed by atoms with Gasteiger partial charge in [0.25, 0.3) is 0 Å². The van der Waals surface area contributed by atoms with Crippen molar-refractivity contribution in [2.45, 2.75) is 25.5 Å². The lowest BCUT2D eigenvalue weighted by Gasteiger charge is -2.42. The van der Waals surface area contributed by atoms with Crippen molar-refractivity contribution < 1.29 is 4.74 Å². The maximum Gasteiger partial charge on any atom is 0.191 e. The van der Waals surface area contributed by atoms with Gasteiger partial charge in [-0.25, -0.2) is 0 Å². The summed E-state index contributed by atoms with van der Waals surface area (Å²) in [5, 5.41) is 7.38. The highest BCUT2D eigenvalue weighted by molar-refractivity contribution is 6.30. The molecule has 0 aromatic heterocycles. The van der Waals surface area contributed by atoms with E-state index in [1.54, 1.807) is 7.05 Å². The molecule has 0 radical (unpaired) electrons. The molecule has 0 saturated carbocycles. The van der Waals surface area contributed by atoms with Gasteiger partial charge in [-0.1, -0.05) is 29.8 Å². The van der Waals surface area contributed by atoms with Crippen LogP contribution in [0.25, 0.3) is 0 Å². The second-order valence-corrected chi connectivity index (χ2v) is 7.21. The Bertz CT molecular complexity index is 586. The van der Waals surface area contributed by atoms with Crippen LogP contribution in [0.1, 0.15) is 25.5 Å². The number of rotatable bonds is 6. The molecule has 0 aliphatic carbocycles. The van der Waals surface area contributed by atoms with Gasteiger partial charge in [0.2, 0.25) is 0 Å². The van der Waals surface area contributed by atoms with Crippen LogP contribution in [-0.2, 0) is 4.74 Å². The van der Waals surface area contributed by atoms with Gasteiger partial charge in [-0.05, 0) is 31.5 Å². The summed E-state index contributed by atoms with van der Waals surface area (Å²) >= 11 is 6.07. The summed E-state index contributed by atoms with van der Waals surface area (Å²) in [5.74, 6) is 0.770. The molecule has 1 atom stereocenters. The predicted molar refractivity (Wildman–Crippen MR) is 105 cm³/mol. The van der Waals surface area contributed by atoms with Crippen molar-refractivity contribution in [1.29, 1.82) is 0 Å². The first kappa shape index (κ1) is 19.8. The van der Waals surface area contributed by atoms with Gasteiger partial charge in [-0.15, -0.1) is 6.58 Å². The van der Waals surface area contributed by atoms with Crippen molar-refractivity contribution in [2.24, 2.45) is 4.99 Å². The molecule has 1 aromatic rings. The summed E-state index contributed by atoms with van der Waals surface area (Å²) in [4.78, 5) is 6.72. The number of hydrogen-bond acceptors (Lipinski definition) is 3. The Hall–Kier alpha value is -1.56. The molecule has 138 valence electrons. The van der Waals surface area contributed by atoms with Crippen LogP contribution in [0.4, 0.5) is 0 Å². The number of nitrogens with one attached hydrogen (secondary N) is 2. The zero-order chi connectivity index (χ0) is 18.3. The fraction of sp³-hybridized carbons (Fsp3) is 0.526. The van der Waals surface area contributed by atoms with E-state index in [1.165, 1.54) is 5.56 Å². The van der Waals surface area contributed by atoms with Crippen LogP contribution in [-0.4, -0.2) is 56.3 Å². The smallest absolute Gasteiger partial charge is 0.191 e. The van der Waals surface area contributed by atoms with Crippen LogP contribution in [0.5, 0.6) is 0 Å². The summed E-state index contributed by atoms with van der Waals surface area (Å²) in [7, 11) is 1.77. The Morgan fingerprint density at radius 3 is 2.72 bits per heavy atom. The van der Waals surface area contributed by atoms with E-state index in [-0.39, 0.29) is 11.6 Å². The molecule has 1 saturated heterocycles. The van der Waals surface area contributed by atoms with E-state index in [0.29, 0.717) is 6.54 Å². The lowest BCUT2D eigenvalue weighted by molar-refractivity contribution is -0.0971. The SMILES string of the molecule is C=CCNC(=NC)NCC(c1ccc(Cl)cc1)N1CCOC(C)(C)C1. The van der Waals surface area contributed by atoms with Crippen molar-refractivity contribution in [3.05, 3.63) is 47.5 Å². The van der Waals surface area contributed by atoms with Crippen LogP contribution < -0.4 is 10.6 Å². The highest BCUT2D eigenvalue weighted by Gasteiger charge is 2.32. The van der Waals surface area contributed by atoms with Gasteiger partial charge in [0.1, 0.15) is 0 Å². The summed E-state index contributed by atoms with van der Waals surface area (Å²) in [6.07, 6.45) is 1.81. The molecule has 0 spiro atoms. The van der Waals surface area contributed by atoms with E-state index in [4.69, 9.17) is 16.3 Å². The van der Waals surface area contributed by atoms with Gasteiger partial charge < -0.3 is 15.4 Å². The first-order valence-corrected chi connectivity index (χ1v) is 9.02. The van der Waals surface area contributed by atoms with E-state index in [2.05, 4.69) is 53.1 Å². The molecule has 6 heteroatoms. The Kier molecular flexibility index (Phi) is 7.29. The minimum absolute atomic E-state index is 0.147. The minimum Gasteiger partial charge on any atom is -0.373 e. The molecule has 1 heterocycles. The van der Waals surface area contributed by atoms with Crippen molar-refractivity contribution in [2.75, 3.05) is 39.8 Å². The number of ether oxygens (including phenoxy) is 1. The summed E-state index contributed by atoms with van der Waals surface area (Å²) in [5.41, 5.74) is 1.08.